The summed E-state index contributed by atoms with van der Waals surface area (Å²) in [5.41, 5.74) is 3.54. The molecule has 2 heterocycles. The van der Waals surface area contributed by atoms with Crippen LogP contribution in [0.1, 0.15) is 0 Å². The lowest BCUT2D eigenvalue weighted by Crippen LogP contribution is -2.09. The Bertz CT molecular complexity index is 1160. The van der Waals surface area contributed by atoms with Gasteiger partial charge in [0.1, 0.15) is 0 Å². The van der Waals surface area contributed by atoms with Crippen molar-refractivity contribution in [2.24, 2.45) is 0 Å². The highest BCUT2D eigenvalue weighted by atomic mass is 16.6. The maximum Gasteiger partial charge on any atom is 0.269 e. The van der Waals surface area contributed by atoms with Gasteiger partial charge in [0, 0.05) is 46.7 Å². The summed E-state index contributed by atoms with van der Waals surface area (Å²) in [4.78, 5) is 28.5. The fourth-order valence-electron chi connectivity index (χ4n) is 2.91. The highest BCUT2D eigenvalue weighted by Gasteiger charge is 2.10. The summed E-state index contributed by atoms with van der Waals surface area (Å²) in [6.07, 6.45) is 3.41. The molecule has 26 heavy (non-hydrogen) atoms. The molecule has 0 saturated heterocycles. The number of fused-ring (bicyclic) bond motifs is 1. The van der Waals surface area contributed by atoms with Crippen molar-refractivity contribution in [3.8, 4) is 11.1 Å². The van der Waals surface area contributed by atoms with E-state index in [9.17, 15) is 14.9 Å². The molecule has 0 aliphatic carbocycles. The first-order valence-corrected chi connectivity index (χ1v) is 7.92. The van der Waals surface area contributed by atoms with Crippen molar-refractivity contribution in [1.29, 1.82) is 0 Å². The lowest BCUT2D eigenvalue weighted by atomic mass is 10.0. The summed E-state index contributed by atoms with van der Waals surface area (Å²) in [5, 5.41) is 14.8. The molecule has 0 fully saturated rings. The van der Waals surface area contributed by atoms with E-state index in [1.807, 2.05) is 30.5 Å². The molecule has 128 valence electrons. The number of anilines is 2. The molecular weight excluding hydrogens is 332 g/mol. The van der Waals surface area contributed by atoms with Gasteiger partial charge in [-0.2, -0.15) is 0 Å². The van der Waals surface area contributed by atoms with E-state index < -0.39 is 4.92 Å². The average Bonchev–Trinajstić information content (AvgIpc) is 3.13. The largest absolute Gasteiger partial charge is 0.361 e. The second kappa shape index (κ2) is 6.21. The Kier molecular flexibility index (Phi) is 3.74. The lowest BCUT2D eigenvalue weighted by Gasteiger charge is -2.09. The van der Waals surface area contributed by atoms with Gasteiger partial charge in [0.2, 0.25) is 0 Å². The molecule has 4 aromatic rings. The van der Waals surface area contributed by atoms with Gasteiger partial charge in [0.05, 0.1) is 10.6 Å². The Morgan fingerprint density at radius 3 is 2.50 bits per heavy atom. The van der Waals surface area contributed by atoms with Crippen LogP contribution in [0.5, 0.6) is 0 Å². The molecule has 7 heteroatoms. The van der Waals surface area contributed by atoms with Gasteiger partial charge in [0.25, 0.3) is 11.2 Å². The number of non-ortho nitro benzene ring substituents is 1. The van der Waals surface area contributed by atoms with Crippen molar-refractivity contribution in [3.63, 3.8) is 0 Å². The highest BCUT2D eigenvalue weighted by molar-refractivity contribution is 5.95. The third kappa shape index (κ3) is 2.82. The molecule has 4 rings (SSSR count). The summed E-state index contributed by atoms with van der Waals surface area (Å²) in [5.74, 6) is 0. The second-order valence-electron chi connectivity index (χ2n) is 5.80. The molecule has 0 atom stereocenters. The van der Waals surface area contributed by atoms with Gasteiger partial charge < -0.3 is 15.3 Å². The minimum atomic E-state index is -0.445. The molecule has 3 N–H and O–H groups in total. The molecule has 2 aromatic carbocycles. The fraction of sp³-hybridized carbons (Fsp3) is 0. The summed E-state index contributed by atoms with van der Waals surface area (Å²) >= 11 is 0. The molecule has 0 radical (unpaired) electrons. The third-order valence-electron chi connectivity index (χ3n) is 4.16. The number of hydrogen-bond donors (Lipinski definition) is 3. The molecule has 0 amide bonds. The Balaban J connectivity index is 1.71. The number of pyridine rings is 1. The van der Waals surface area contributed by atoms with E-state index in [4.69, 9.17) is 0 Å². The molecule has 7 nitrogen and oxygen atoms in total. The second-order valence-corrected chi connectivity index (χ2v) is 5.80. The maximum atomic E-state index is 12.3. The zero-order valence-corrected chi connectivity index (χ0v) is 13.5. The van der Waals surface area contributed by atoms with E-state index in [0.717, 1.165) is 16.5 Å². The molecule has 2 aromatic heterocycles. The smallest absolute Gasteiger partial charge is 0.269 e. The third-order valence-corrected chi connectivity index (χ3v) is 4.16. The standard InChI is InChI=1S/C19H14N4O3/c24-19-17(15-2-1-3-18-16(15)8-9-20-18)10-13(11-21-19)22-12-4-6-14(7-5-12)23(25)26/h1-11,20,22H,(H,21,24). The van der Waals surface area contributed by atoms with Crippen LogP contribution in [0, 0.1) is 10.1 Å². The Morgan fingerprint density at radius 1 is 0.923 bits per heavy atom. The van der Waals surface area contributed by atoms with Crippen molar-refractivity contribution >= 4 is 28.0 Å². The van der Waals surface area contributed by atoms with Gasteiger partial charge in [-0.3, -0.25) is 14.9 Å². The predicted molar refractivity (Wildman–Crippen MR) is 101 cm³/mol. The van der Waals surface area contributed by atoms with Crippen LogP contribution >= 0.6 is 0 Å². The van der Waals surface area contributed by atoms with E-state index in [2.05, 4.69) is 15.3 Å². The molecule has 0 aliphatic heterocycles. The monoisotopic (exact) mass is 346 g/mol. The van der Waals surface area contributed by atoms with Crippen molar-refractivity contribution in [2.75, 3.05) is 5.32 Å². The average molecular weight is 346 g/mol. The van der Waals surface area contributed by atoms with Crippen LogP contribution in [0.25, 0.3) is 22.0 Å². The van der Waals surface area contributed by atoms with E-state index in [1.54, 1.807) is 24.4 Å². The predicted octanol–water partition coefficient (Wildman–Crippen LogP) is 4.18. The first-order valence-electron chi connectivity index (χ1n) is 7.92. The highest BCUT2D eigenvalue weighted by Crippen LogP contribution is 2.28. The number of rotatable bonds is 4. The Morgan fingerprint density at radius 2 is 1.73 bits per heavy atom. The molecule has 0 saturated carbocycles. The van der Waals surface area contributed by atoms with Gasteiger partial charge in [0.15, 0.2) is 0 Å². The minimum Gasteiger partial charge on any atom is -0.361 e. The van der Waals surface area contributed by atoms with E-state index in [-0.39, 0.29) is 11.2 Å². The van der Waals surface area contributed by atoms with Crippen LogP contribution in [0.4, 0.5) is 17.1 Å². The number of nitro benzene ring substituents is 1. The molecule has 0 aliphatic rings. The van der Waals surface area contributed by atoms with Crippen molar-refractivity contribution in [1.82, 2.24) is 9.97 Å². The number of nitro groups is 1. The fourth-order valence-corrected chi connectivity index (χ4v) is 2.91. The van der Waals surface area contributed by atoms with Gasteiger partial charge in [-0.25, -0.2) is 0 Å². The zero-order chi connectivity index (χ0) is 18.1. The quantitative estimate of drug-likeness (QED) is 0.381. The number of hydrogen-bond acceptors (Lipinski definition) is 4. The molecular formula is C19H14N4O3. The van der Waals surface area contributed by atoms with Crippen LogP contribution in [0.3, 0.4) is 0 Å². The van der Waals surface area contributed by atoms with Crippen molar-refractivity contribution in [3.05, 3.63) is 87.5 Å². The summed E-state index contributed by atoms with van der Waals surface area (Å²) in [7, 11) is 0. The van der Waals surface area contributed by atoms with Crippen molar-refractivity contribution < 1.29 is 4.92 Å². The van der Waals surface area contributed by atoms with Gasteiger partial charge >= 0.3 is 0 Å². The van der Waals surface area contributed by atoms with Crippen LogP contribution in [-0.2, 0) is 0 Å². The topological polar surface area (TPSA) is 104 Å². The van der Waals surface area contributed by atoms with E-state index in [1.165, 1.54) is 12.1 Å². The number of aromatic amines is 2. The molecule has 0 spiro atoms. The summed E-state index contributed by atoms with van der Waals surface area (Å²) < 4.78 is 0. The number of benzene rings is 2. The molecule has 0 unspecified atom stereocenters. The van der Waals surface area contributed by atoms with Crippen LogP contribution < -0.4 is 10.9 Å². The number of aromatic nitrogens is 2. The minimum absolute atomic E-state index is 0.0249. The van der Waals surface area contributed by atoms with Crippen LogP contribution in [-0.4, -0.2) is 14.9 Å². The number of nitrogens with one attached hydrogen (secondary N) is 3. The maximum absolute atomic E-state index is 12.3. The Hall–Kier alpha value is -3.87. The zero-order valence-electron chi connectivity index (χ0n) is 13.5. The summed E-state index contributed by atoms with van der Waals surface area (Å²) in [6, 6.07) is 15.5. The van der Waals surface area contributed by atoms with Crippen LogP contribution in [0.15, 0.2) is 71.8 Å². The van der Waals surface area contributed by atoms with Gasteiger partial charge in [-0.15, -0.1) is 0 Å². The van der Waals surface area contributed by atoms with E-state index in [0.29, 0.717) is 16.9 Å². The van der Waals surface area contributed by atoms with E-state index >= 15 is 0 Å². The van der Waals surface area contributed by atoms with Gasteiger partial charge in [-0.1, -0.05) is 12.1 Å². The molecule has 0 bridgehead atoms. The first-order chi connectivity index (χ1) is 12.6. The van der Waals surface area contributed by atoms with Gasteiger partial charge in [-0.05, 0) is 35.9 Å². The summed E-state index contributed by atoms with van der Waals surface area (Å²) in [6.45, 7) is 0. The SMILES string of the molecule is O=c1[nH]cc(Nc2ccc([N+](=O)[O-])cc2)cc1-c1cccc2[nH]ccc12. The number of nitrogens with zero attached hydrogens (tertiary/aromatic N) is 1. The lowest BCUT2D eigenvalue weighted by molar-refractivity contribution is -0.384. The van der Waals surface area contributed by atoms with Crippen molar-refractivity contribution in [2.45, 2.75) is 0 Å². The number of H-pyrrole nitrogens is 2. The Labute approximate surface area is 147 Å². The normalized spacial score (nSPS) is 10.8. The van der Waals surface area contributed by atoms with Crippen LogP contribution in [0.2, 0.25) is 0 Å². The first kappa shape index (κ1) is 15.6.